The molecular weight excluding hydrogens is 679 g/mol. The predicted molar refractivity (Wildman–Crippen MR) is 211 cm³/mol. The normalized spacial score (nSPS) is 14.1. The lowest BCUT2D eigenvalue weighted by Gasteiger charge is -2.39. The average molecular weight is 732 g/mol. The van der Waals surface area contributed by atoms with Gasteiger partial charge in [0.1, 0.15) is 24.4 Å². The quantitative estimate of drug-likeness (QED) is 0.0806. The summed E-state index contributed by atoms with van der Waals surface area (Å²) >= 11 is 0. The molecule has 4 N–H and O–H groups in total. The molecule has 1 amide bonds. The number of likely N-dealkylation sites (N-methyl/N-ethyl adjacent to an activating group) is 1. The largest absolute Gasteiger partial charge is 0.374 e. The third-order valence-electron chi connectivity index (χ3n) is 9.04. The predicted octanol–water partition coefficient (Wildman–Crippen LogP) is 6.29. The summed E-state index contributed by atoms with van der Waals surface area (Å²) in [5, 5.41) is 0. The third-order valence-corrected chi connectivity index (χ3v) is 9.04. The Morgan fingerprint density at radius 2 is 0.852 bits per heavy atom. The molecule has 5 rings (SSSR count). The second-order valence-electron chi connectivity index (χ2n) is 13.3. The zero-order chi connectivity index (χ0) is 37.8. The minimum Gasteiger partial charge on any atom is -0.374 e. The molecule has 0 aliphatic rings. The summed E-state index contributed by atoms with van der Waals surface area (Å²) in [6.07, 6.45) is -2.77. The first-order chi connectivity index (χ1) is 26.5. The number of benzene rings is 5. The van der Waals surface area contributed by atoms with Crippen molar-refractivity contribution in [2.75, 3.05) is 26.7 Å². The minimum absolute atomic E-state index is 0.0175. The molecule has 9 heteroatoms. The summed E-state index contributed by atoms with van der Waals surface area (Å²) < 4.78 is 33.8. The molecule has 0 fully saturated rings. The van der Waals surface area contributed by atoms with Crippen molar-refractivity contribution >= 4 is 5.91 Å². The molecule has 0 aliphatic heterocycles. The Kier molecular flexibility index (Phi) is 16.9. The van der Waals surface area contributed by atoms with Crippen LogP contribution in [-0.2, 0) is 61.5 Å². The molecule has 0 saturated heterocycles. The van der Waals surface area contributed by atoms with Crippen molar-refractivity contribution in [1.29, 1.82) is 0 Å². The van der Waals surface area contributed by atoms with Gasteiger partial charge in [-0.1, -0.05) is 152 Å². The standard InChI is InChI=1S/C45H53N3O6/c1-48(45(49)40(47)27-46)28-41(51-30-36-19-9-3-10-20-36)43(53-32-38-23-13-5-14-24-38)44(54-33-39-25-15-6-16-26-39)42(52-31-37-21-11-4-12-22-37)34-50-29-35-17-7-2-8-18-35/h2-26,40-44H,27-34,46-47H2,1H3/t40?,41-,42+,43+,44+/m0/s1. The molecule has 5 atom stereocenters. The van der Waals surface area contributed by atoms with Crippen molar-refractivity contribution in [3.05, 3.63) is 179 Å². The summed E-state index contributed by atoms with van der Waals surface area (Å²) in [4.78, 5) is 14.9. The second kappa shape index (κ2) is 22.5. The van der Waals surface area contributed by atoms with Gasteiger partial charge in [-0.2, -0.15) is 0 Å². The van der Waals surface area contributed by atoms with E-state index in [1.165, 1.54) is 0 Å². The molecule has 284 valence electrons. The van der Waals surface area contributed by atoms with E-state index in [9.17, 15) is 4.79 Å². The first-order valence-corrected chi connectivity index (χ1v) is 18.4. The number of carbonyl (C=O) groups excluding carboxylic acids is 1. The van der Waals surface area contributed by atoms with E-state index in [1.807, 2.05) is 152 Å². The number of nitrogens with two attached hydrogens (primary N) is 2. The van der Waals surface area contributed by atoms with Crippen molar-refractivity contribution in [3.8, 4) is 0 Å². The van der Waals surface area contributed by atoms with Gasteiger partial charge in [0.05, 0.1) is 45.7 Å². The molecule has 0 heterocycles. The van der Waals surface area contributed by atoms with E-state index >= 15 is 0 Å². The Hall–Kier alpha value is -4.71. The molecule has 0 bridgehead atoms. The van der Waals surface area contributed by atoms with Crippen LogP contribution in [0.1, 0.15) is 27.8 Å². The van der Waals surface area contributed by atoms with Crippen LogP contribution in [0.4, 0.5) is 0 Å². The van der Waals surface area contributed by atoms with Gasteiger partial charge in [-0.15, -0.1) is 0 Å². The van der Waals surface area contributed by atoms with Crippen molar-refractivity contribution in [1.82, 2.24) is 4.90 Å². The van der Waals surface area contributed by atoms with Gasteiger partial charge in [-0.25, -0.2) is 0 Å². The van der Waals surface area contributed by atoms with Crippen LogP contribution in [0.2, 0.25) is 0 Å². The first-order valence-electron chi connectivity index (χ1n) is 18.4. The van der Waals surface area contributed by atoms with E-state index in [-0.39, 0.29) is 45.4 Å². The van der Waals surface area contributed by atoms with E-state index in [2.05, 4.69) is 0 Å². The highest BCUT2D eigenvalue weighted by Crippen LogP contribution is 2.25. The highest BCUT2D eigenvalue weighted by Gasteiger charge is 2.40. The van der Waals surface area contributed by atoms with Crippen molar-refractivity contribution in [3.63, 3.8) is 0 Å². The van der Waals surface area contributed by atoms with Crippen LogP contribution in [0.5, 0.6) is 0 Å². The zero-order valence-electron chi connectivity index (χ0n) is 31.0. The smallest absolute Gasteiger partial charge is 0.240 e. The van der Waals surface area contributed by atoms with Crippen LogP contribution in [0, 0.1) is 0 Å². The summed E-state index contributed by atoms with van der Waals surface area (Å²) in [6.45, 7) is 1.88. The third kappa shape index (κ3) is 13.3. The molecule has 9 nitrogen and oxygen atoms in total. The van der Waals surface area contributed by atoms with Gasteiger partial charge >= 0.3 is 0 Å². The lowest BCUT2D eigenvalue weighted by Crippen LogP contribution is -2.55. The average Bonchev–Trinajstić information content (AvgIpc) is 3.23. The maximum absolute atomic E-state index is 13.4. The fraction of sp³-hybridized carbons (Fsp3) is 0.311. The minimum atomic E-state index is -0.855. The molecule has 0 aliphatic carbocycles. The topological polar surface area (TPSA) is 118 Å². The number of nitrogens with zero attached hydrogens (tertiary/aromatic N) is 1. The molecule has 0 aromatic heterocycles. The maximum Gasteiger partial charge on any atom is 0.240 e. The Morgan fingerprint density at radius 1 is 0.519 bits per heavy atom. The van der Waals surface area contributed by atoms with Gasteiger partial charge in [0, 0.05) is 20.1 Å². The van der Waals surface area contributed by atoms with E-state index in [0.29, 0.717) is 13.2 Å². The molecule has 0 saturated carbocycles. The monoisotopic (exact) mass is 731 g/mol. The summed E-state index contributed by atoms with van der Waals surface area (Å²) in [5.41, 5.74) is 16.9. The number of ether oxygens (including phenoxy) is 5. The number of amides is 1. The highest BCUT2D eigenvalue weighted by molar-refractivity contribution is 5.81. The Bertz CT molecular complexity index is 1730. The van der Waals surface area contributed by atoms with Gasteiger partial charge in [-0.3, -0.25) is 4.79 Å². The first kappa shape index (κ1) is 40.5. The lowest BCUT2D eigenvalue weighted by atomic mass is 10.0. The molecule has 54 heavy (non-hydrogen) atoms. The van der Waals surface area contributed by atoms with E-state index in [0.717, 1.165) is 27.8 Å². The zero-order valence-corrected chi connectivity index (χ0v) is 31.0. The number of hydrogen-bond donors (Lipinski definition) is 2. The fourth-order valence-electron chi connectivity index (χ4n) is 6.02. The van der Waals surface area contributed by atoms with Crippen LogP contribution < -0.4 is 11.5 Å². The molecule has 1 unspecified atom stereocenters. The van der Waals surface area contributed by atoms with Crippen LogP contribution in [-0.4, -0.2) is 68.0 Å². The van der Waals surface area contributed by atoms with E-state index in [1.54, 1.807) is 11.9 Å². The van der Waals surface area contributed by atoms with Crippen LogP contribution >= 0.6 is 0 Å². The van der Waals surface area contributed by atoms with Crippen molar-refractivity contribution in [2.24, 2.45) is 11.5 Å². The summed E-state index contributed by atoms with van der Waals surface area (Å²) in [6, 6.07) is 49.0. The Morgan fingerprint density at radius 3 is 1.24 bits per heavy atom. The molecule has 5 aromatic rings. The second-order valence-corrected chi connectivity index (χ2v) is 13.3. The number of rotatable bonds is 23. The maximum atomic E-state index is 13.4. The molecule has 5 aromatic carbocycles. The summed E-state index contributed by atoms with van der Waals surface area (Å²) in [7, 11) is 1.71. The van der Waals surface area contributed by atoms with Crippen LogP contribution in [0.3, 0.4) is 0 Å². The molecule has 0 radical (unpaired) electrons. The Labute approximate surface area is 319 Å². The van der Waals surface area contributed by atoms with Gasteiger partial charge < -0.3 is 40.1 Å². The molecular formula is C45H53N3O6. The van der Waals surface area contributed by atoms with Gasteiger partial charge in [0.2, 0.25) is 5.91 Å². The SMILES string of the molecule is CN(C[C@H](OCc1ccccc1)[C@@H](OCc1ccccc1)[C@H](OCc1ccccc1)[C@@H](COCc1ccccc1)OCc1ccccc1)C(=O)C(N)CN. The Balaban J connectivity index is 1.54. The number of carbonyl (C=O) groups is 1. The van der Waals surface area contributed by atoms with Gasteiger partial charge in [-0.05, 0) is 27.8 Å². The fourth-order valence-corrected chi connectivity index (χ4v) is 6.02. The van der Waals surface area contributed by atoms with E-state index < -0.39 is 30.5 Å². The van der Waals surface area contributed by atoms with E-state index in [4.69, 9.17) is 35.2 Å². The lowest BCUT2D eigenvalue weighted by molar-refractivity contribution is -0.202. The van der Waals surface area contributed by atoms with Crippen molar-refractivity contribution in [2.45, 2.75) is 63.5 Å². The van der Waals surface area contributed by atoms with Crippen LogP contribution in [0.15, 0.2) is 152 Å². The van der Waals surface area contributed by atoms with Crippen LogP contribution in [0.25, 0.3) is 0 Å². The highest BCUT2D eigenvalue weighted by atomic mass is 16.6. The van der Waals surface area contributed by atoms with Crippen molar-refractivity contribution < 1.29 is 28.5 Å². The van der Waals surface area contributed by atoms with Gasteiger partial charge in [0.25, 0.3) is 0 Å². The molecule has 0 spiro atoms. The summed E-state index contributed by atoms with van der Waals surface area (Å²) in [5.74, 6) is -0.294. The van der Waals surface area contributed by atoms with Gasteiger partial charge in [0.15, 0.2) is 0 Å². The number of hydrogen-bond acceptors (Lipinski definition) is 8.